The Bertz CT molecular complexity index is 1360. The van der Waals surface area contributed by atoms with E-state index in [2.05, 4.69) is 32.6 Å². The second kappa shape index (κ2) is 7.38. The molecule has 0 bridgehead atoms. The SMILES string of the molecule is CCn1c(-c2ccc(-c3c(C)on(C)c3=O)cn2)c(I)c2cc(C)nc(C(=O)O)c21. The zero-order chi connectivity index (χ0) is 21.7. The van der Waals surface area contributed by atoms with Gasteiger partial charge in [-0.3, -0.25) is 9.78 Å². The number of carboxylic acid groups (broad SMARTS) is 1. The van der Waals surface area contributed by atoms with Crippen LogP contribution in [0.15, 0.2) is 33.7 Å². The smallest absolute Gasteiger partial charge is 0.356 e. The molecule has 0 saturated heterocycles. The Morgan fingerprint density at radius 2 is 2.03 bits per heavy atom. The molecule has 9 heteroatoms. The monoisotopic (exact) mass is 518 g/mol. The number of nitrogens with zero attached hydrogens (tertiary/aromatic N) is 4. The summed E-state index contributed by atoms with van der Waals surface area (Å²) in [6.07, 6.45) is 1.64. The molecule has 4 aromatic rings. The van der Waals surface area contributed by atoms with E-state index in [1.807, 2.05) is 29.7 Å². The molecule has 4 rings (SSSR count). The highest BCUT2D eigenvalue weighted by Crippen LogP contribution is 2.36. The summed E-state index contributed by atoms with van der Waals surface area (Å²) in [6.45, 7) is 6.04. The van der Waals surface area contributed by atoms with Crippen LogP contribution in [0, 0.1) is 17.4 Å². The fourth-order valence-corrected chi connectivity index (χ4v) is 4.77. The molecule has 8 nitrogen and oxygen atoms in total. The number of hydrogen-bond donors (Lipinski definition) is 1. The van der Waals surface area contributed by atoms with E-state index in [1.165, 1.54) is 4.74 Å². The fraction of sp³-hybridized carbons (Fsp3) is 0.238. The number of hydrogen-bond acceptors (Lipinski definition) is 5. The van der Waals surface area contributed by atoms with Gasteiger partial charge in [-0.1, -0.05) is 6.07 Å². The van der Waals surface area contributed by atoms with E-state index in [-0.39, 0.29) is 11.3 Å². The minimum atomic E-state index is -1.06. The van der Waals surface area contributed by atoms with Gasteiger partial charge in [-0.25, -0.2) is 9.78 Å². The number of aromatic carboxylic acids is 1. The maximum absolute atomic E-state index is 12.3. The highest BCUT2D eigenvalue weighted by molar-refractivity contribution is 14.1. The van der Waals surface area contributed by atoms with Gasteiger partial charge in [0.1, 0.15) is 5.76 Å². The maximum Gasteiger partial charge on any atom is 0.356 e. The summed E-state index contributed by atoms with van der Waals surface area (Å²) in [6, 6.07) is 5.56. The third kappa shape index (κ3) is 3.04. The van der Waals surface area contributed by atoms with E-state index < -0.39 is 5.97 Å². The first-order valence-corrected chi connectivity index (χ1v) is 10.4. The molecule has 4 heterocycles. The Kier molecular flexibility index (Phi) is 5.00. The molecule has 0 aromatic carbocycles. The lowest BCUT2D eigenvalue weighted by Crippen LogP contribution is -2.11. The van der Waals surface area contributed by atoms with Crippen LogP contribution in [-0.2, 0) is 13.6 Å². The molecule has 0 amide bonds. The lowest BCUT2D eigenvalue weighted by Gasteiger charge is -2.10. The number of pyridine rings is 2. The third-order valence-corrected chi connectivity index (χ3v) is 6.14. The molecule has 0 unspecified atom stereocenters. The first kappa shape index (κ1) is 20.3. The second-order valence-corrected chi connectivity index (χ2v) is 8.06. The Hall–Kier alpha value is -2.95. The van der Waals surface area contributed by atoms with Crippen LogP contribution in [0.1, 0.15) is 28.9 Å². The lowest BCUT2D eigenvalue weighted by molar-refractivity contribution is 0.0692. The molecule has 1 N–H and O–H groups in total. The predicted molar refractivity (Wildman–Crippen MR) is 121 cm³/mol. The summed E-state index contributed by atoms with van der Waals surface area (Å²) in [5, 5.41) is 10.5. The molecule has 0 fully saturated rings. The summed E-state index contributed by atoms with van der Waals surface area (Å²) in [5.41, 5.74) is 3.71. The quantitative estimate of drug-likeness (QED) is 0.410. The molecule has 0 aliphatic carbocycles. The number of aryl methyl sites for hydroxylation is 4. The van der Waals surface area contributed by atoms with Crippen LogP contribution in [0.5, 0.6) is 0 Å². The summed E-state index contributed by atoms with van der Waals surface area (Å²) < 4.78 is 9.40. The van der Waals surface area contributed by atoms with E-state index in [1.54, 1.807) is 27.1 Å². The second-order valence-electron chi connectivity index (χ2n) is 6.98. The van der Waals surface area contributed by atoms with Crippen molar-refractivity contribution >= 4 is 39.5 Å². The first-order chi connectivity index (χ1) is 14.2. The average Bonchev–Trinajstić information content (AvgIpc) is 3.13. The largest absolute Gasteiger partial charge is 0.476 e. The van der Waals surface area contributed by atoms with Gasteiger partial charge in [0.25, 0.3) is 5.56 Å². The summed E-state index contributed by atoms with van der Waals surface area (Å²) in [7, 11) is 1.57. The zero-order valence-electron chi connectivity index (χ0n) is 16.9. The van der Waals surface area contributed by atoms with Crippen molar-refractivity contribution in [2.24, 2.45) is 7.05 Å². The molecule has 0 radical (unpaired) electrons. The van der Waals surface area contributed by atoms with Gasteiger partial charge in [-0.05, 0) is 55.5 Å². The Morgan fingerprint density at radius 1 is 1.30 bits per heavy atom. The van der Waals surface area contributed by atoms with Crippen LogP contribution in [-0.4, -0.2) is 30.4 Å². The Morgan fingerprint density at radius 3 is 2.57 bits per heavy atom. The molecule has 0 spiro atoms. The molecular weight excluding hydrogens is 499 g/mol. The van der Waals surface area contributed by atoms with Gasteiger partial charge in [0.2, 0.25) is 0 Å². The molecule has 0 atom stereocenters. The lowest BCUT2D eigenvalue weighted by atomic mass is 10.1. The minimum Gasteiger partial charge on any atom is -0.476 e. The Labute approximate surface area is 185 Å². The van der Waals surface area contributed by atoms with E-state index in [0.29, 0.717) is 40.3 Å². The van der Waals surface area contributed by atoms with Gasteiger partial charge < -0.3 is 14.2 Å². The van der Waals surface area contributed by atoms with Crippen molar-refractivity contribution in [1.29, 1.82) is 0 Å². The van der Waals surface area contributed by atoms with E-state index in [9.17, 15) is 14.7 Å². The van der Waals surface area contributed by atoms with E-state index in [4.69, 9.17) is 4.52 Å². The molecule has 30 heavy (non-hydrogen) atoms. The van der Waals surface area contributed by atoms with Gasteiger partial charge in [0.05, 0.1) is 22.5 Å². The highest BCUT2D eigenvalue weighted by Gasteiger charge is 2.24. The van der Waals surface area contributed by atoms with Gasteiger partial charge in [0.15, 0.2) is 5.69 Å². The van der Waals surface area contributed by atoms with Crippen LogP contribution < -0.4 is 5.56 Å². The molecule has 0 saturated carbocycles. The topological polar surface area (TPSA) is 103 Å². The van der Waals surface area contributed by atoms with Gasteiger partial charge in [-0.2, -0.15) is 4.74 Å². The van der Waals surface area contributed by atoms with Crippen LogP contribution in [0.2, 0.25) is 0 Å². The fourth-order valence-electron chi connectivity index (χ4n) is 3.79. The molecule has 154 valence electrons. The Balaban J connectivity index is 1.94. The van der Waals surface area contributed by atoms with Crippen LogP contribution in [0.3, 0.4) is 0 Å². The third-order valence-electron chi connectivity index (χ3n) is 5.04. The van der Waals surface area contributed by atoms with Crippen molar-refractivity contribution in [2.45, 2.75) is 27.3 Å². The summed E-state index contributed by atoms with van der Waals surface area (Å²) in [5.74, 6) is -0.532. The maximum atomic E-state index is 12.3. The van der Waals surface area contributed by atoms with E-state index >= 15 is 0 Å². The van der Waals surface area contributed by atoms with Crippen molar-refractivity contribution < 1.29 is 14.4 Å². The average molecular weight is 518 g/mol. The van der Waals surface area contributed by atoms with Gasteiger partial charge >= 0.3 is 5.97 Å². The number of fused-ring (bicyclic) bond motifs is 1. The number of carbonyl (C=O) groups is 1. The molecule has 0 aliphatic rings. The van der Waals surface area contributed by atoms with Crippen LogP contribution in [0.4, 0.5) is 0 Å². The molecule has 4 aromatic heterocycles. The van der Waals surface area contributed by atoms with Gasteiger partial charge in [0, 0.05) is 40.0 Å². The summed E-state index contributed by atoms with van der Waals surface area (Å²) >= 11 is 2.23. The van der Waals surface area contributed by atoms with Gasteiger partial charge in [-0.15, -0.1) is 0 Å². The number of rotatable bonds is 4. The molecular formula is C21H19IN4O4. The zero-order valence-corrected chi connectivity index (χ0v) is 19.0. The van der Waals surface area contributed by atoms with Crippen molar-refractivity contribution in [3.63, 3.8) is 0 Å². The van der Waals surface area contributed by atoms with Crippen LogP contribution >= 0.6 is 22.6 Å². The van der Waals surface area contributed by atoms with Crippen molar-refractivity contribution in [1.82, 2.24) is 19.3 Å². The highest BCUT2D eigenvalue weighted by atomic mass is 127. The van der Waals surface area contributed by atoms with Crippen molar-refractivity contribution in [3.05, 3.63) is 55.5 Å². The minimum absolute atomic E-state index is 0.0326. The van der Waals surface area contributed by atoms with Crippen LogP contribution in [0.25, 0.3) is 33.4 Å². The van der Waals surface area contributed by atoms with Crippen molar-refractivity contribution in [2.75, 3.05) is 0 Å². The number of carboxylic acids is 1. The van der Waals surface area contributed by atoms with E-state index in [0.717, 1.165) is 14.7 Å². The normalized spacial score (nSPS) is 11.4. The molecule has 0 aliphatic heterocycles. The number of aromatic nitrogens is 4. The standard InChI is InChI=1S/C21H19IN4O4/c1-5-26-18-13(8-10(2)24-17(18)21(28)29)16(22)19(26)14-7-6-12(9-23-14)15-11(3)30-25(4)20(15)27/h6-9H,5H2,1-4H3,(H,28,29). The summed E-state index contributed by atoms with van der Waals surface area (Å²) in [4.78, 5) is 33.0. The van der Waals surface area contributed by atoms with Crippen molar-refractivity contribution in [3.8, 4) is 22.5 Å². The first-order valence-electron chi connectivity index (χ1n) is 9.30. The number of halogens is 1. The predicted octanol–water partition coefficient (Wildman–Crippen LogP) is 4.00.